The van der Waals surface area contributed by atoms with E-state index in [1.54, 1.807) is 6.08 Å². The van der Waals surface area contributed by atoms with Crippen molar-refractivity contribution in [2.75, 3.05) is 20.7 Å². The smallest absolute Gasteiger partial charge is 0.340 e. The van der Waals surface area contributed by atoms with Crippen molar-refractivity contribution in [1.29, 1.82) is 0 Å². The maximum atomic E-state index is 12.9. The van der Waals surface area contributed by atoms with Gasteiger partial charge in [-0.15, -0.1) is 0 Å². The number of methoxy groups -OCH3 is 1. The normalized spacial score (nSPS) is 29.7. The van der Waals surface area contributed by atoms with Crippen molar-refractivity contribution in [3.63, 3.8) is 0 Å². The maximum absolute atomic E-state index is 12.9. The highest BCUT2D eigenvalue weighted by Gasteiger charge is 2.72. The molecule has 1 fully saturated rings. The standard InChI is InChI=1S/C27H31NO11/c1-13(29)18(12-20(31)32)37-21(33)11-15(30)25(34)38-17-6-7-27(35)19-10-14-4-5-16(36-3)23-22(14)26(27,24(17)39-23)8-9-28(19)2/h4-6,15,18-19,24,30,35H,7-12H2,1-3H3,(H,31,32)/t15-,18-,19+,24-,26-,27+/m0/s1. The molecule has 12 nitrogen and oxygen atoms in total. The minimum Gasteiger partial charge on any atom is -0.493 e. The predicted molar refractivity (Wildman–Crippen MR) is 131 cm³/mol. The number of ether oxygens (including phenoxy) is 4. The Labute approximate surface area is 224 Å². The van der Waals surface area contributed by atoms with Gasteiger partial charge in [-0.05, 0) is 51.1 Å². The van der Waals surface area contributed by atoms with Crippen LogP contribution in [0, 0.1) is 0 Å². The van der Waals surface area contributed by atoms with Crippen LogP contribution >= 0.6 is 0 Å². The number of piperidine rings is 1. The fourth-order valence-electron chi connectivity index (χ4n) is 6.65. The van der Waals surface area contributed by atoms with Gasteiger partial charge < -0.3 is 39.2 Å². The van der Waals surface area contributed by atoms with Gasteiger partial charge >= 0.3 is 17.9 Å². The van der Waals surface area contributed by atoms with Gasteiger partial charge in [0.05, 0.1) is 31.0 Å². The summed E-state index contributed by atoms with van der Waals surface area (Å²) in [5, 5.41) is 31.5. The predicted octanol–water partition coefficient (Wildman–Crippen LogP) is 0.243. The van der Waals surface area contributed by atoms with Gasteiger partial charge in [0.1, 0.15) is 5.76 Å². The highest BCUT2D eigenvalue weighted by atomic mass is 16.6. The highest BCUT2D eigenvalue weighted by Crippen LogP contribution is 2.65. The van der Waals surface area contributed by atoms with Crippen LogP contribution in [-0.4, -0.2) is 94.6 Å². The molecule has 39 heavy (non-hydrogen) atoms. The molecule has 2 heterocycles. The molecule has 5 rings (SSSR count). The Balaban J connectivity index is 1.38. The lowest BCUT2D eigenvalue weighted by molar-refractivity contribution is -0.174. The molecule has 3 N–H and O–H groups in total. The van der Waals surface area contributed by atoms with E-state index in [4.69, 9.17) is 24.1 Å². The van der Waals surface area contributed by atoms with E-state index in [9.17, 15) is 29.4 Å². The zero-order valence-electron chi connectivity index (χ0n) is 21.8. The minimum absolute atomic E-state index is 0.110. The van der Waals surface area contributed by atoms with Crippen molar-refractivity contribution in [3.05, 3.63) is 35.1 Å². The van der Waals surface area contributed by atoms with Crippen molar-refractivity contribution in [2.45, 2.75) is 74.4 Å². The first-order chi connectivity index (χ1) is 18.4. The number of benzene rings is 1. The summed E-state index contributed by atoms with van der Waals surface area (Å²) in [6.45, 7) is 1.74. The lowest BCUT2D eigenvalue weighted by Gasteiger charge is -2.61. The molecule has 1 saturated heterocycles. The zero-order chi connectivity index (χ0) is 28.3. The number of hydrogen-bond donors (Lipinski definition) is 3. The highest BCUT2D eigenvalue weighted by molar-refractivity contribution is 5.88. The summed E-state index contributed by atoms with van der Waals surface area (Å²) in [6.07, 6.45) is -3.04. The number of esters is 2. The van der Waals surface area contributed by atoms with Gasteiger partial charge in [0.15, 0.2) is 35.6 Å². The Bertz CT molecular complexity index is 1270. The molecule has 0 unspecified atom stereocenters. The summed E-state index contributed by atoms with van der Waals surface area (Å²) in [7, 11) is 3.49. The quantitative estimate of drug-likeness (QED) is 0.362. The second-order valence-corrected chi connectivity index (χ2v) is 10.6. The van der Waals surface area contributed by atoms with Crippen molar-refractivity contribution in [1.82, 2.24) is 4.90 Å². The molecule has 1 aromatic rings. The average molecular weight is 546 g/mol. The van der Waals surface area contributed by atoms with Crippen molar-refractivity contribution in [2.24, 2.45) is 0 Å². The van der Waals surface area contributed by atoms with E-state index in [0.29, 0.717) is 30.9 Å². The summed E-state index contributed by atoms with van der Waals surface area (Å²) in [6, 6.07) is 3.58. The van der Waals surface area contributed by atoms with E-state index in [-0.39, 0.29) is 18.2 Å². The molecule has 6 atom stereocenters. The zero-order valence-corrected chi connectivity index (χ0v) is 21.8. The first kappa shape index (κ1) is 27.1. The summed E-state index contributed by atoms with van der Waals surface area (Å²) >= 11 is 0. The molecular formula is C27H31NO11. The number of rotatable bonds is 9. The van der Waals surface area contributed by atoms with Crippen LogP contribution in [0.15, 0.2) is 24.0 Å². The lowest BCUT2D eigenvalue weighted by atomic mass is 9.50. The third-order valence-electron chi connectivity index (χ3n) is 8.50. The summed E-state index contributed by atoms with van der Waals surface area (Å²) in [5.41, 5.74) is -0.259. The van der Waals surface area contributed by atoms with E-state index in [2.05, 4.69) is 4.90 Å². The van der Waals surface area contributed by atoms with Gasteiger partial charge in [-0.1, -0.05) is 6.07 Å². The molecule has 2 aliphatic carbocycles. The fourth-order valence-corrected chi connectivity index (χ4v) is 6.65. The second kappa shape index (κ2) is 9.61. The second-order valence-electron chi connectivity index (χ2n) is 10.6. The largest absolute Gasteiger partial charge is 0.493 e. The summed E-state index contributed by atoms with van der Waals surface area (Å²) in [5.74, 6) is -3.21. The number of carbonyl (C=O) groups is 4. The van der Waals surface area contributed by atoms with Crippen LogP contribution in [0.25, 0.3) is 0 Å². The Kier molecular flexibility index (Phi) is 6.68. The first-order valence-corrected chi connectivity index (χ1v) is 12.7. The number of aliphatic hydroxyl groups is 2. The number of carboxylic acids is 1. The number of likely N-dealkylation sites (tertiary alicyclic amines) is 1. The molecule has 2 aliphatic heterocycles. The topological polar surface area (TPSA) is 169 Å². The van der Waals surface area contributed by atoms with Crippen LogP contribution in [0.4, 0.5) is 0 Å². The van der Waals surface area contributed by atoms with Crippen LogP contribution in [0.1, 0.15) is 43.7 Å². The van der Waals surface area contributed by atoms with E-state index in [1.165, 1.54) is 7.11 Å². The molecule has 0 amide bonds. The molecule has 0 radical (unpaired) electrons. The third kappa shape index (κ3) is 4.09. The Morgan fingerprint density at radius 1 is 1.23 bits per heavy atom. The van der Waals surface area contributed by atoms with E-state index in [1.807, 2.05) is 19.2 Å². The number of likely N-dealkylation sites (N-methyl/N-ethyl adjacent to an activating group) is 1. The average Bonchev–Trinajstić information content (AvgIpc) is 3.22. The molecule has 2 bridgehead atoms. The number of nitrogens with zero attached hydrogens (tertiary/aromatic N) is 1. The maximum Gasteiger partial charge on any atom is 0.340 e. The van der Waals surface area contributed by atoms with Gasteiger partial charge in [-0.3, -0.25) is 14.4 Å². The Hall–Kier alpha value is -3.48. The van der Waals surface area contributed by atoms with Gasteiger partial charge in [-0.2, -0.15) is 0 Å². The van der Waals surface area contributed by atoms with Crippen LogP contribution in [0.2, 0.25) is 0 Å². The molecule has 1 aromatic carbocycles. The molecule has 4 aliphatic rings. The first-order valence-electron chi connectivity index (χ1n) is 12.7. The molecular weight excluding hydrogens is 514 g/mol. The number of aliphatic carboxylic acids is 1. The van der Waals surface area contributed by atoms with Gasteiger partial charge in [0, 0.05) is 18.0 Å². The third-order valence-corrected chi connectivity index (χ3v) is 8.50. The summed E-state index contributed by atoms with van der Waals surface area (Å²) < 4.78 is 22.3. The molecule has 12 heteroatoms. The fraction of sp³-hybridized carbons (Fsp3) is 0.556. The van der Waals surface area contributed by atoms with E-state index >= 15 is 0 Å². The number of carbonyl (C=O) groups excluding carboxylic acids is 3. The minimum atomic E-state index is -1.94. The number of Topliss-reactive ketones (excluding diaryl/α,β-unsaturated/α-hetero) is 1. The molecule has 0 aromatic heterocycles. The number of aliphatic hydroxyl groups excluding tert-OH is 1. The van der Waals surface area contributed by atoms with Crippen molar-refractivity contribution >= 4 is 23.7 Å². The summed E-state index contributed by atoms with van der Waals surface area (Å²) in [4.78, 5) is 49.7. The van der Waals surface area contributed by atoms with Gasteiger partial charge in [0.2, 0.25) is 0 Å². The van der Waals surface area contributed by atoms with E-state index < -0.39 is 65.9 Å². The van der Waals surface area contributed by atoms with Crippen LogP contribution in [-0.2, 0) is 40.5 Å². The van der Waals surface area contributed by atoms with Crippen molar-refractivity contribution < 1.29 is 53.4 Å². The number of carboxylic acid groups (broad SMARTS) is 1. The van der Waals surface area contributed by atoms with Crippen LogP contribution < -0.4 is 9.47 Å². The monoisotopic (exact) mass is 545 g/mol. The van der Waals surface area contributed by atoms with Crippen LogP contribution in [0.3, 0.4) is 0 Å². The molecule has 1 spiro atoms. The number of ketones is 1. The SMILES string of the molecule is COc1ccc2c3c1O[C@H]1C(OC(=O)[C@@H](O)CC(=O)O[C@@H](CC(=O)O)C(C)=O)=CC[C@@]4(O)[C@@H](C2)N(C)CC[C@]314. The van der Waals surface area contributed by atoms with Gasteiger partial charge in [0.25, 0.3) is 0 Å². The van der Waals surface area contributed by atoms with E-state index in [0.717, 1.165) is 18.1 Å². The lowest BCUT2D eigenvalue weighted by Crippen LogP contribution is -2.74. The Morgan fingerprint density at radius 3 is 2.64 bits per heavy atom. The Morgan fingerprint density at radius 2 is 1.97 bits per heavy atom. The van der Waals surface area contributed by atoms with Crippen molar-refractivity contribution in [3.8, 4) is 11.5 Å². The van der Waals surface area contributed by atoms with Gasteiger partial charge in [-0.25, -0.2) is 4.79 Å². The number of hydrogen-bond acceptors (Lipinski definition) is 11. The molecule has 210 valence electrons. The van der Waals surface area contributed by atoms with Crippen LogP contribution in [0.5, 0.6) is 11.5 Å². The molecule has 0 saturated carbocycles.